The quantitative estimate of drug-likeness (QED) is 0.831. The van der Waals surface area contributed by atoms with Gasteiger partial charge in [0.05, 0.1) is 6.61 Å². The molecule has 0 bridgehead atoms. The molecule has 0 fully saturated rings. The van der Waals surface area contributed by atoms with Crippen LogP contribution in [0.15, 0.2) is 54.6 Å². The number of benzene rings is 2. The van der Waals surface area contributed by atoms with Crippen LogP contribution in [0.25, 0.3) is 0 Å². The van der Waals surface area contributed by atoms with Crippen LogP contribution in [-0.4, -0.2) is 25.0 Å². The summed E-state index contributed by atoms with van der Waals surface area (Å²) in [7, 11) is 0. The van der Waals surface area contributed by atoms with Crippen molar-refractivity contribution in [3.8, 4) is 5.75 Å². The van der Waals surface area contributed by atoms with Crippen molar-refractivity contribution in [1.82, 2.24) is 5.32 Å². The second-order valence-corrected chi connectivity index (χ2v) is 5.70. The summed E-state index contributed by atoms with van der Waals surface area (Å²) in [6.07, 6.45) is 0.710. The van der Waals surface area contributed by atoms with Crippen molar-refractivity contribution >= 4 is 17.5 Å². The molecule has 2 aromatic rings. The first kappa shape index (κ1) is 16.1. The number of ether oxygens (including phenoxy) is 1. The first-order valence-corrected chi connectivity index (χ1v) is 8.02. The molecular weight excluding hydrogens is 304 g/mol. The Kier molecular flexibility index (Phi) is 4.79. The lowest BCUT2D eigenvalue weighted by Crippen LogP contribution is -2.37. The third kappa shape index (κ3) is 3.40. The summed E-state index contributed by atoms with van der Waals surface area (Å²) in [6, 6.07) is 16.6. The first-order valence-electron chi connectivity index (χ1n) is 8.02. The molecule has 24 heavy (non-hydrogen) atoms. The molecule has 0 saturated heterocycles. The number of amides is 2. The standard InChI is InChI=1S/C19H20N2O3/c1-14(22)20-18-16-10-5-6-11-17(16)21(19(18)23)12-7-13-24-15-8-3-2-4-9-15/h2-6,8-11,18H,7,12-13H2,1H3,(H,20,22). The van der Waals surface area contributed by atoms with Crippen LogP contribution >= 0.6 is 0 Å². The van der Waals surface area contributed by atoms with Crippen molar-refractivity contribution < 1.29 is 14.3 Å². The van der Waals surface area contributed by atoms with Gasteiger partial charge in [-0.15, -0.1) is 0 Å². The Labute approximate surface area is 141 Å². The molecule has 5 nitrogen and oxygen atoms in total. The van der Waals surface area contributed by atoms with Crippen LogP contribution in [0.4, 0.5) is 5.69 Å². The molecular formula is C19H20N2O3. The van der Waals surface area contributed by atoms with E-state index in [4.69, 9.17) is 4.74 Å². The molecule has 2 aromatic carbocycles. The molecule has 0 aromatic heterocycles. The highest BCUT2D eigenvalue weighted by atomic mass is 16.5. The Morgan fingerprint density at radius 3 is 2.58 bits per heavy atom. The lowest BCUT2D eigenvalue weighted by Gasteiger charge is -2.18. The molecule has 3 rings (SSSR count). The summed E-state index contributed by atoms with van der Waals surface area (Å²) in [6.45, 7) is 2.51. The van der Waals surface area contributed by atoms with E-state index in [2.05, 4.69) is 5.32 Å². The monoisotopic (exact) mass is 324 g/mol. The molecule has 1 atom stereocenters. The van der Waals surface area contributed by atoms with Gasteiger partial charge >= 0.3 is 0 Å². The van der Waals surface area contributed by atoms with Gasteiger partial charge in [0.15, 0.2) is 0 Å². The fourth-order valence-corrected chi connectivity index (χ4v) is 2.89. The lowest BCUT2D eigenvalue weighted by molar-refractivity contribution is -0.126. The number of hydrogen-bond donors (Lipinski definition) is 1. The van der Waals surface area contributed by atoms with Gasteiger partial charge in [-0.1, -0.05) is 36.4 Å². The highest BCUT2D eigenvalue weighted by molar-refractivity contribution is 6.06. The molecule has 2 amide bonds. The van der Waals surface area contributed by atoms with E-state index in [1.165, 1.54) is 6.92 Å². The van der Waals surface area contributed by atoms with Gasteiger partial charge in [0, 0.05) is 24.7 Å². The molecule has 1 aliphatic rings. The number of fused-ring (bicyclic) bond motifs is 1. The largest absolute Gasteiger partial charge is 0.494 e. The number of carbonyl (C=O) groups excluding carboxylic acids is 2. The summed E-state index contributed by atoms with van der Waals surface area (Å²) in [5.41, 5.74) is 1.71. The van der Waals surface area contributed by atoms with Crippen LogP contribution in [0, 0.1) is 0 Å². The zero-order chi connectivity index (χ0) is 16.9. The second kappa shape index (κ2) is 7.17. The van der Waals surface area contributed by atoms with E-state index >= 15 is 0 Å². The van der Waals surface area contributed by atoms with Crippen LogP contribution in [0.3, 0.4) is 0 Å². The third-order valence-corrected chi connectivity index (χ3v) is 3.94. The topological polar surface area (TPSA) is 58.6 Å². The minimum Gasteiger partial charge on any atom is -0.494 e. The van der Waals surface area contributed by atoms with E-state index in [-0.39, 0.29) is 11.8 Å². The van der Waals surface area contributed by atoms with Gasteiger partial charge in [-0.05, 0) is 24.6 Å². The summed E-state index contributed by atoms with van der Waals surface area (Å²) >= 11 is 0. The van der Waals surface area contributed by atoms with E-state index in [9.17, 15) is 9.59 Å². The Hall–Kier alpha value is -2.82. The number of para-hydroxylation sites is 2. The summed E-state index contributed by atoms with van der Waals surface area (Å²) < 4.78 is 5.67. The number of nitrogens with one attached hydrogen (secondary N) is 1. The van der Waals surface area contributed by atoms with E-state index in [1.807, 2.05) is 54.6 Å². The molecule has 124 valence electrons. The van der Waals surface area contributed by atoms with Crippen molar-refractivity contribution in [2.75, 3.05) is 18.1 Å². The molecule has 0 aliphatic carbocycles. The molecule has 1 aliphatic heterocycles. The zero-order valence-corrected chi connectivity index (χ0v) is 13.6. The minimum absolute atomic E-state index is 0.0916. The van der Waals surface area contributed by atoms with Crippen LogP contribution in [0.1, 0.15) is 24.9 Å². The Morgan fingerprint density at radius 1 is 1.12 bits per heavy atom. The van der Waals surface area contributed by atoms with E-state index in [1.54, 1.807) is 4.90 Å². The highest BCUT2D eigenvalue weighted by Gasteiger charge is 2.37. The summed E-state index contributed by atoms with van der Waals surface area (Å²) in [5, 5.41) is 2.73. The van der Waals surface area contributed by atoms with Gasteiger partial charge in [0.2, 0.25) is 5.91 Å². The molecule has 5 heteroatoms. The smallest absolute Gasteiger partial charge is 0.254 e. The second-order valence-electron chi connectivity index (χ2n) is 5.70. The number of carbonyl (C=O) groups is 2. The Morgan fingerprint density at radius 2 is 1.83 bits per heavy atom. The van der Waals surface area contributed by atoms with E-state index < -0.39 is 6.04 Å². The maximum Gasteiger partial charge on any atom is 0.254 e. The molecule has 0 spiro atoms. The van der Waals surface area contributed by atoms with Crippen LogP contribution in [0.2, 0.25) is 0 Å². The number of anilines is 1. The molecule has 1 N–H and O–H groups in total. The SMILES string of the molecule is CC(=O)NC1C(=O)N(CCCOc2ccccc2)c2ccccc21. The predicted molar refractivity (Wildman–Crippen MR) is 91.9 cm³/mol. The van der Waals surface area contributed by atoms with Crippen molar-refractivity contribution in [3.63, 3.8) is 0 Å². The number of rotatable bonds is 6. The average Bonchev–Trinajstić information content (AvgIpc) is 2.85. The van der Waals surface area contributed by atoms with Gasteiger partial charge in [-0.25, -0.2) is 0 Å². The van der Waals surface area contributed by atoms with Crippen LogP contribution in [0.5, 0.6) is 5.75 Å². The highest BCUT2D eigenvalue weighted by Crippen LogP contribution is 2.35. The fraction of sp³-hybridized carbons (Fsp3) is 0.263. The van der Waals surface area contributed by atoms with Gasteiger partial charge < -0.3 is 15.0 Å². The maximum absolute atomic E-state index is 12.6. The van der Waals surface area contributed by atoms with Crippen molar-refractivity contribution in [2.45, 2.75) is 19.4 Å². The maximum atomic E-state index is 12.6. The van der Waals surface area contributed by atoms with Crippen LogP contribution < -0.4 is 15.0 Å². The van der Waals surface area contributed by atoms with E-state index in [0.717, 1.165) is 17.0 Å². The molecule has 0 saturated carbocycles. The van der Waals surface area contributed by atoms with Gasteiger partial charge in [-0.2, -0.15) is 0 Å². The zero-order valence-electron chi connectivity index (χ0n) is 13.6. The predicted octanol–water partition coefficient (Wildman–Crippen LogP) is 2.68. The average molecular weight is 324 g/mol. The van der Waals surface area contributed by atoms with Crippen molar-refractivity contribution in [1.29, 1.82) is 0 Å². The summed E-state index contributed by atoms with van der Waals surface area (Å²) in [4.78, 5) is 25.7. The molecule has 1 heterocycles. The lowest BCUT2D eigenvalue weighted by atomic mass is 10.1. The number of hydrogen-bond acceptors (Lipinski definition) is 3. The van der Waals surface area contributed by atoms with Crippen molar-refractivity contribution in [2.24, 2.45) is 0 Å². The third-order valence-electron chi connectivity index (χ3n) is 3.94. The Bertz CT molecular complexity index is 730. The number of nitrogens with zero attached hydrogens (tertiary/aromatic N) is 1. The summed E-state index contributed by atoms with van der Waals surface area (Å²) in [5.74, 6) is 0.519. The molecule has 0 radical (unpaired) electrons. The van der Waals surface area contributed by atoms with Gasteiger partial charge in [0.25, 0.3) is 5.91 Å². The van der Waals surface area contributed by atoms with Crippen LogP contribution in [-0.2, 0) is 9.59 Å². The fourth-order valence-electron chi connectivity index (χ4n) is 2.89. The van der Waals surface area contributed by atoms with E-state index in [0.29, 0.717) is 19.6 Å². The van der Waals surface area contributed by atoms with Gasteiger partial charge in [0.1, 0.15) is 11.8 Å². The Balaban J connectivity index is 1.63. The van der Waals surface area contributed by atoms with Gasteiger partial charge in [-0.3, -0.25) is 9.59 Å². The molecule has 1 unspecified atom stereocenters. The normalized spacial score (nSPS) is 16.0. The van der Waals surface area contributed by atoms with Crippen molar-refractivity contribution in [3.05, 3.63) is 60.2 Å². The minimum atomic E-state index is -0.589. The first-order chi connectivity index (χ1) is 11.7.